The molecule has 2 heterocycles. The Kier molecular flexibility index (Phi) is 7.41. The number of nitrogens with zero attached hydrogens (tertiary/aromatic N) is 6. The quantitative estimate of drug-likeness (QED) is 0.268. The molecule has 4 aromatic rings. The second-order valence-corrected chi connectivity index (χ2v) is 8.19. The van der Waals surface area contributed by atoms with Gasteiger partial charge in [-0.25, -0.2) is 4.98 Å². The highest BCUT2D eigenvalue weighted by Gasteiger charge is 2.30. The second-order valence-electron chi connectivity index (χ2n) is 8.19. The summed E-state index contributed by atoms with van der Waals surface area (Å²) in [6.45, 7) is 0.0227. The molecule has 192 valence electrons. The molecule has 13 heteroatoms. The van der Waals surface area contributed by atoms with E-state index in [-0.39, 0.29) is 29.2 Å². The SMILES string of the molecule is Br.NC1N=C(c2ccccc2)c2ccccc2N(Cc2cn(-c3ccc([N+](=O)[O-])cc3[N+](=O)[O-])cn2)C1=O. The standard InChI is InChI=1S/C25H19N7O5.BrH/c26-24-25(33)30(20-9-5-4-8-19(20)23(28-24)16-6-2-1-3-7-16)14-17-13-29(15-27-17)21-11-10-18(31(34)35)12-22(21)32(36)37;/h1-13,15,24H,14,26H2;1H. The number of benzodiazepines with no additional fused rings is 1. The van der Waals surface area contributed by atoms with Crippen LogP contribution in [0.2, 0.25) is 0 Å². The van der Waals surface area contributed by atoms with Crippen LogP contribution < -0.4 is 10.6 Å². The van der Waals surface area contributed by atoms with Crippen molar-refractivity contribution in [3.8, 4) is 5.69 Å². The minimum absolute atomic E-state index is 0. The Bertz CT molecular complexity index is 1570. The number of hydrogen-bond donors (Lipinski definition) is 1. The van der Waals surface area contributed by atoms with Gasteiger partial charge in [0.2, 0.25) is 0 Å². The fourth-order valence-electron chi connectivity index (χ4n) is 4.17. The maximum atomic E-state index is 13.3. The van der Waals surface area contributed by atoms with Crippen LogP contribution in [0.15, 0.2) is 90.3 Å². The first kappa shape index (κ1) is 26.3. The van der Waals surface area contributed by atoms with Crippen molar-refractivity contribution in [3.63, 3.8) is 0 Å². The number of anilines is 1. The normalized spacial score (nSPS) is 14.7. The topological polar surface area (TPSA) is 163 Å². The molecule has 38 heavy (non-hydrogen) atoms. The van der Waals surface area contributed by atoms with E-state index < -0.39 is 33.3 Å². The Morgan fingerprint density at radius 1 is 0.921 bits per heavy atom. The number of halogens is 1. The van der Waals surface area contributed by atoms with Gasteiger partial charge in [0.1, 0.15) is 5.69 Å². The number of aliphatic imine (C=N–C) groups is 1. The largest absolute Gasteiger partial charge is 0.303 e. The molecule has 0 fully saturated rings. The number of para-hydroxylation sites is 1. The molecule has 0 spiro atoms. The summed E-state index contributed by atoms with van der Waals surface area (Å²) >= 11 is 0. The fraction of sp³-hybridized carbons (Fsp3) is 0.0800. The summed E-state index contributed by atoms with van der Waals surface area (Å²) in [5.74, 6) is -0.436. The smallest absolute Gasteiger partial charge is 0.300 e. The van der Waals surface area contributed by atoms with Gasteiger partial charge >= 0.3 is 0 Å². The lowest BCUT2D eigenvalue weighted by molar-refractivity contribution is -0.394. The number of nitro groups is 2. The van der Waals surface area contributed by atoms with E-state index in [4.69, 9.17) is 5.73 Å². The molecule has 1 atom stereocenters. The number of amides is 1. The summed E-state index contributed by atoms with van der Waals surface area (Å²) in [5, 5.41) is 22.6. The highest BCUT2D eigenvalue weighted by Crippen LogP contribution is 2.30. The van der Waals surface area contributed by atoms with Crippen LogP contribution in [-0.2, 0) is 11.3 Å². The maximum Gasteiger partial charge on any atom is 0.300 e. The molecule has 0 bridgehead atoms. The van der Waals surface area contributed by atoms with Crippen molar-refractivity contribution >= 4 is 45.7 Å². The molecule has 0 saturated heterocycles. The Balaban J connectivity index is 0.00000336. The van der Waals surface area contributed by atoms with Crippen LogP contribution in [-0.4, -0.2) is 37.2 Å². The molecule has 0 aliphatic carbocycles. The predicted molar refractivity (Wildman–Crippen MR) is 145 cm³/mol. The number of nitro benzene ring substituents is 2. The molecule has 1 unspecified atom stereocenters. The van der Waals surface area contributed by atoms with E-state index in [1.807, 2.05) is 42.5 Å². The Morgan fingerprint density at radius 2 is 1.63 bits per heavy atom. The molecule has 2 N–H and O–H groups in total. The average molecular weight is 578 g/mol. The molecule has 3 aromatic carbocycles. The zero-order valence-electron chi connectivity index (χ0n) is 19.6. The Morgan fingerprint density at radius 3 is 2.34 bits per heavy atom. The number of hydrogen-bond acceptors (Lipinski definition) is 8. The number of benzene rings is 3. The van der Waals surface area contributed by atoms with Crippen molar-refractivity contribution in [2.75, 3.05) is 4.90 Å². The zero-order chi connectivity index (χ0) is 26.1. The second kappa shape index (κ2) is 10.7. The molecule has 0 radical (unpaired) electrons. The summed E-state index contributed by atoms with van der Waals surface area (Å²) < 4.78 is 1.39. The van der Waals surface area contributed by atoms with Gasteiger partial charge in [-0.15, -0.1) is 17.0 Å². The fourth-order valence-corrected chi connectivity index (χ4v) is 4.17. The van der Waals surface area contributed by atoms with Crippen molar-refractivity contribution in [1.29, 1.82) is 0 Å². The van der Waals surface area contributed by atoms with Gasteiger partial charge in [-0.05, 0) is 12.1 Å². The minimum atomic E-state index is -1.15. The maximum absolute atomic E-state index is 13.3. The highest BCUT2D eigenvalue weighted by atomic mass is 79.9. The first-order valence-corrected chi connectivity index (χ1v) is 11.1. The van der Waals surface area contributed by atoms with Gasteiger partial charge in [0.15, 0.2) is 6.17 Å². The zero-order valence-corrected chi connectivity index (χ0v) is 21.3. The van der Waals surface area contributed by atoms with Gasteiger partial charge in [-0.1, -0.05) is 48.5 Å². The molecule has 1 amide bonds. The van der Waals surface area contributed by atoms with Gasteiger partial charge in [0, 0.05) is 23.4 Å². The monoisotopic (exact) mass is 577 g/mol. The van der Waals surface area contributed by atoms with E-state index in [2.05, 4.69) is 9.98 Å². The van der Waals surface area contributed by atoms with Crippen LogP contribution in [0, 0.1) is 20.2 Å². The molecule has 5 rings (SSSR count). The number of nitrogens with two attached hydrogens (primary N) is 1. The van der Waals surface area contributed by atoms with E-state index in [0.29, 0.717) is 17.1 Å². The lowest BCUT2D eigenvalue weighted by atomic mass is 10.0. The van der Waals surface area contributed by atoms with Gasteiger partial charge < -0.3 is 10.6 Å². The Labute approximate surface area is 226 Å². The minimum Gasteiger partial charge on any atom is -0.303 e. The van der Waals surface area contributed by atoms with Gasteiger partial charge in [0.25, 0.3) is 17.3 Å². The van der Waals surface area contributed by atoms with Crippen molar-refractivity contribution in [3.05, 3.63) is 122 Å². The molecule has 1 aliphatic rings. The van der Waals surface area contributed by atoms with E-state index in [1.54, 1.807) is 12.1 Å². The van der Waals surface area contributed by atoms with Gasteiger partial charge in [-0.2, -0.15) is 0 Å². The first-order chi connectivity index (χ1) is 17.8. The first-order valence-electron chi connectivity index (χ1n) is 11.1. The number of rotatable bonds is 6. The van der Waals surface area contributed by atoms with Crippen molar-refractivity contribution < 1.29 is 14.6 Å². The summed E-state index contributed by atoms with van der Waals surface area (Å²) in [4.78, 5) is 44.9. The van der Waals surface area contributed by atoms with E-state index in [1.165, 1.54) is 34.1 Å². The van der Waals surface area contributed by atoms with Crippen LogP contribution >= 0.6 is 17.0 Å². The van der Waals surface area contributed by atoms with E-state index in [0.717, 1.165) is 17.2 Å². The van der Waals surface area contributed by atoms with Gasteiger partial charge in [0.05, 0.1) is 45.9 Å². The third-order valence-corrected chi connectivity index (χ3v) is 5.89. The summed E-state index contributed by atoms with van der Waals surface area (Å²) in [5.41, 5.74) is 8.58. The number of fused-ring (bicyclic) bond motifs is 1. The predicted octanol–water partition coefficient (Wildman–Crippen LogP) is 3.94. The third kappa shape index (κ3) is 4.92. The average Bonchev–Trinajstić information content (AvgIpc) is 3.35. The van der Waals surface area contributed by atoms with Crippen molar-refractivity contribution in [2.45, 2.75) is 12.7 Å². The van der Waals surface area contributed by atoms with Crippen LogP contribution in [0.3, 0.4) is 0 Å². The van der Waals surface area contributed by atoms with Crippen molar-refractivity contribution in [1.82, 2.24) is 9.55 Å². The molecule has 0 saturated carbocycles. The van der Waals surface area contributed by atoms with Gasteiger partial charge in [-0.3, -0.25) is 34.6 Å². The summed E-state index contributed by atoms with van der Waals surface area (Å²) in [6, 6.07) is 20.1. The van der Waals surface area contributed by atoms with Crippen LogP contribution in [0.5, 0.6) is 0 Å². The number of carbonyl (C=O) groups excluding carboxylic acids is 1. The molecule has 12 nitrogen and oxygen atoms in total. The van der Waals surface area contributed by atoms with Crippen LogP contribution in [0.4, 0.5) is 17.1 Å². The summed E-state index contributed by atoms with van der Waals surface area (Å²) in [7, 11) is 0. The number of non-ortho nitro benzene ring substituents is 1. The Hall–Kier alpha value is -4.75. The van der Waals surface area contributed by atoms with E-state index in [9.17, 15) is 25.0 Å². The van der Waals surface area contributed by atoms with Crippen LogP contribution in [0.25, 0.3) is 5.69 Å². The lowest BCUT2D eigenvalue weighted by Crippen LogP contribution is -2.42. The highest BCUT2D eigenvalue weighted by molar-refractivity contribution is 8.93. The summed E-state index contributed by atoms with van der Waals surface area (Å²) in [6.07, 6.45) is 1.73. The molecule has 1 aromatic heterocycles. The number of aromatic nitrogens is 2. The number of carbonyl (C=O) groups is 1. The lowest BCUT2D eigenvalue weighted by Gasteiger charge is -2.23. The van der Waals surface area contributed by atoms with Crippen molar-refractivity contribution in [2.24, 2.45) is 10.7 Å². The van der Waals surface area contributed by atoms with Crippen LogP contribution in [0.1, 0.15) is 16.8 Å². The van der Waals surface area contributed by atoms with E-state index >= 15 is 0 Å². The molecular formula is C25H20BrN7O5. The molecular weight excluding hydrogens is 558 g/mol. The number of imidazole rings is 1. The molecule has 1 aliphatic heterocycles. The third-order valence-electron chi connectivity index (χ3n) is 5.89.